The van der Waals surface area contributed by atoms with Gasteiger partial charge < -0.3 is 4.40 Å². The van der Waals surface area contributed by atoms with Crippen LogP contribution in [0.2, 0.25) is 0 Å². The Morgan fingerprint density at radius 2 is 1.18 bits per heavy atom. The highest BCUT2D eigenvalue weighted by atomic mass is 15.2. The van der Waals surface area contributed by atoms with Gasteiger partial charge in [0.2, 0.25) is 5.95 Å². The number of aromatic nitrogens is 6. The van der Waals surface area contributed by atoms with Crippen LogP contribution in [0.5, 0.6) is 0 Å². The van der Waals surface area contributed by atoms with Gasteiger partial charge in [0.05, 0.1) is 16.7 Å². The molecule has 4 aromatic heterocycles. The Hall–Kier alpha value is -6.14. The van der Waals surface area contributed by atoms with Gasteiger partial charge in [0.15, 0.2) is 11.6 Å². The van der Waals surface area contributed by atoms with Crippen molar-refractivity contribution >= 4 is 38.2 Å². The van der Waals surface area contributed by atoms with E-state index >= 15 is 0 Å². The quantitative estimate of drug-likeness (QED) is 0.214. The topological polar surface area (TPSA) is 60.9 Å². The van der Waals surface area contributed by atoms with E-state index in [-0.39, 0.29) is 0 Å². The fraction of sp³-hybridized carbons (Fsp3) is 0. The Kier molecular flexibility index (Phi) is 5.40. The minimum atomic E-state index is 0.570. The van der Waals surface area contributed by atoms with Gasteiger partial charge in [-0.2, -0.15) is 9.97 Å². The molecular formula is C38H24N6. The summed E-state index contributed by atoms with van der Waals surface area (Å²) in [5.41, 5.74) is 6.76. The smallest absolute Gasteiger partial charge is 0.238 e. The van der Waals surface area contributed by atoms with Gasteiger partial charge >= 0.3 is 0 Å². The Balaban J connectivity index is 1.31. The highest BCUT2D eigenvalue weighted by Crippen LogP contribution is 2.35. The first-order chi connectivity index (χ1) is 21.8. The maximum absolute atomic E-state index is 5.14. The van der Waals surface area contributed by atoms with Crippen LogP contribution in [-0.2, 0) is 0 Å². The van der Waals surface area contributed by atoms with Crippen LogP contribution in [-0.4, -0.2) is 28.9 Å². The summed E-state index contributed by atoms with van der Waals surface area (Å²) in [6, 6.07) is 45.8. The van der Waals surface area contributed by atoms with Crippen molar-refractivity contribution in [1.82, 2.24) is 28.9 Å². The van der Waals surface area contributed by atoms with E-state index in [0.717, 1.165) is 55.2 Å². The zero-order valence-electron chi connectivity index (χ0n) is 23.5. The molecule has 6 nitrogen and oxygen atoms in total. The number of imidazole rings is 1. The van der Waals surface area contributed by atoms with Crippen molar-refractivity contribution in [1.29, 1.82) is 0 Å². The molecule has 0 saturated carbocycles. The Morgan fingerprint density at radius 1 is 0.455 bits per heavy atom. The molecule has 6 heteroatoms. The standard InChI is InChI=1S/C38H24N6/c1-2-11-26(12-3-1)36-40-37(29-18-17-25-10-4-5-13-27(25)22-29)42-38(41-36)44-33-15-7-6-14-30(33)31-20-19-28(23-34(31)44)32-24-43-21-9-8-16-35(43)39-32/h1-24H. The molecule has 0 radical (unpaired) electrons. The fourth-order valence-electron chi connectivity index (χ4n) is 6.06. The zero-order valence-corrected chi connectivity index (χ0v) is 23.5. The number of fused-ring (bicyclic) bond motifs is 5. The van der Waals surface area contributed by atoms with Crippen LogP contribution in [0, 0.1) is 0 Å². The molecule has 9 rings (SSSR count). The van der Waals surface area contributed by atoms with Crippen molar-refractivity contribution in [2.75, 3.05) is 0 Å². The summed E-state index contributed by atoms with van der Waals surface area (Å²) < 4.78 is 4.20. The van der Waals surface area contributed by atoms with Crippen molar-refractivity contribution in [3.8, 4) is 40.0 Å². The van der Waals surface area contributed by atoms with E-state index in [2.05, 4.69) is 95.7 Å². The molecular weight excluding hydrogens is 540 g/mol. The van der Waals surface area contributed by atoms with Crippen LogP contribution >= 0.6 is 0 Å². The van der Waals surface area contributed by atoms with Gasteiger partial charge in [0.1, 0.15) is 5.65 Å². The molecule has 0 aliphatic rings. The summed E-state index contributed by atoms with van der Waals surface area (Å²) in [7, 11) is 0. The summed E-state index contributed by atoms with van der Waals surface area (Å²) in [5, 5.41) is 4.58. The highest BCUT2D eigenvalue weighted by Gasteiger charge is 2.19. The van der Waals surface area contributed by atoms with Crippen molar-refractivity contribution in [3.63, 3.8) is 0 Å². The van der Waals surface area contributed by atoms with Crippen LogP contribution in [0.4, 0.5) is 0 Å². The zero-order chi connectivity index (χ0) is 29.0. The molecule has 0 aliphatic heterocycles. The molecule has 0 atom stereocenters. The monoisotopic (exact) mass is 564 g/mol. The third-order valence-electron chi connectivity index (χ3n) is 8.20. The summed E-state index contributed by atoms with van der Waals surface area (Å²) in [6.45, 7) is 0. The maximum atomic E-state index is 5.14. The second-order valence-electron chi connectivity index (χ2n) is 10.9. The van der Waals surface area contributed by atoms with Crippen molar-refractivity contribution in [3.05, 3.63) is 146 Å². The molecule has 206 valence electrons. The predicted molar refractivity (Wildman–Crippen MR) is 177 cm³/mol. The van der Waals surface area contributed by atoms with Gasteiger partial charge in [-0.3, -0.25) is 4.57 Å². The number of hydrogen-bond acceptors (Lipinski definition) is 4. The molecule has 0 aliphatic carbocycles. The number of nitrogens with zero attached hydrogens (tertiary/aromatic N) is 6. The van der Waals surface area contributed by atoms with Crippen molar-refractivity contribution in [2.45, 2.75) is 0 Å². The minimum absolute atomic E-state index is 0.570. The maximum Gasteiger partial charge on any atom is 0.238 e. The minimum Gasteiger partial charge on any atom is -0.306 e. The van der Waals surface area contributed by atoms with Gasteiger partial charge in [0.25, 0.3) is 0 Å². The SMILES string of the molecule is c1ccc(-c2nc(-c3ccc4ccccc4c3)nc(-n3c4ccccc4c4ccc(-c5cn6ccccc6n5)cc43)n2)cc1. The molecule has 5 aromatic carbocycles. The van der Waals surface area contributed by atoms with Gasteiger partial charge in [-0.15, -0.1) is 0 Å². The third-order valence-corrected chi connectivity index (χ3v) is 8.20. The number of rotatable bonds is 4. The summed E-state index contributed by atoms with van der Waals surface area (Å²) in [6.07, 6.45) is 4.09. The van der Waals surface area contributed by atoms with Crippen LogP contribution in [0.25, 0.3) is 78.2 Å². The third kappa shape index (κ3) is 3.96. The second-order valence-corrected chi connectivity index (χ2v) is 10.9. The fourth-order valence-corrected chi connectivity index (χ4v) is 6.06. The number of hydrogen-bond donors (Lipinski definition) is 0. The molecule has 4 heterocycles. The number of benzene rings is 5. The largest absolute Gasteiger partial charge is 0.306 e. The summed E-state index contributed by atoms with van der Waals surface area (Å²) in [4.78, 5) is 20.1. The molecule has 0 fully saturated rings. The van der Waals surface area contributed by atoms with Crippen LogP contribution < -0.4 is 0 Å². The van der Waals surface area contributed by atoms with Gasteiger partial charge in [-0.1, -0.05) is 103 Å². The van der Waals surface area contributed by atoms with Gasteiger partial charge in [-0.05, 0) is 41.1 Å². The predicted octanol–water partition coefficient (Wildman–Crippen LogP) is 8.77. The molecule has 0 unspecified atom stereocenters. The molecule has 0 spiro atoms. The molecule has 0 saturated heterocycles. The number of pyridine rings is 1. The normalized spacial score (nSPS) is 11.6. The van der Waals surface area contributed by atoms with Crippen LogP contribution in [0.1, 0.15) is 0 Å². The van der Waals surface area contributed by atoms with Gasteiger partial charge in [0, 0.05) is 39.9 Å². The van der Waals surface area contributed by atoms with E-state index in [1.54, 1.807) is 0 Å². The second kappa shape index (κ2) is 9.71. The lowest BCUT2D eigenvalue weighted by molar-refractivity contribution is 0.954. The van der Waals surface area contributed by atoms with Crippen molar-refractivity contribution < 1.29 is 0 Å². The Morgan fingerprint density at radius 3 is 2.07 bits per heavy atom. The highest BCUT2D eigenvalue weighted by molar-refractivity contribution is 6.10. The lowest BCUT2D eigenvalue weighted by Gasteiger charge is -2.11. The Bertz CT molecular complexity index is 2480. The van der Waals surface area contributed by atoms with E-state index in [1.165, 1.54) is 5.39 Å². The van der Waals surface area contributed by atoms with E-state index in [4.69, 9.17) is 19.9 Å². The van der Waals surface area contributed by atoms with E-state index < -0.39 is 0 Å². The van der Waals surface area contributed by atoms with Crippen LogP contribution in [0.3, 0.4) is 0 Å². The average molecular weight is 565 g/mol. The van der Waals surface area contributed by atoms with E-state index in [9.17, 15) is 0 Å². The molecule has 44 heavy (non-hydrogen) atoms. The van der Waals surface area contributed by atoms with Crippen molar-refractivity contribution in [2.24, 2.45) is 0 Å². The lowest BCUT2D eigenvalue weighted by Crippen LogP contribution is -2.06. The lowest BCUT2D eigenvalue weighted by atomic mass is 10.1. The average Bonchev–Trinajstić information content (AvgIpc) is 3.67. The number of para-hydroxylation sites is 1. The first-order valence-corrected chi connectivity index (χ1v) is 14.6. The van der Waals surface area contributed by atoms with Gasteiger partial charge in [-0.25, -0.2) is 9.97 Å². The summed E-state index contributed by atoms with van der Waals surface area (Å²) in [5.74, 6) is 1.82. The Labute approximate surface area is 252 Å². The van der Waals surface area contributed by atoms with E-state index in [0.29, 0.717) is 17.6 Å². The first-order valence-electron chi connectivity index (χ1n) is 14.6. The summed E-state index contributed by atoms with van der Waals surface area (Å²) >= 11 is 0. The molecule has 0 N–H and O–H groups in total. The first kappa shape index (κ1) is 24.5. The van der Waals surface area contributed by atoms with E-state index in [1.807, 2.05) is 59.1 Å². The van der Waals surface area contributed by atoms with Crippen LogP contribution in [0.15, 0.2) is 146 Å². The molecule has 9 aromatic rings. The molecule has 0 amide bonds. The molecule has 0 bridgehead atoms.